The van der Waals surface area contributed by atoms with Crippen LogP contribution < -0.4 is 5.32 Å². The van der Waals surface area contributed by atoms with E-state index in [9.17, 15) is 0 Å². The van der Waals surface area contributed by atoms with Crippen LogP contribution in [0.5, 0.6) is 0 Å². The molecule has 0 radical (unpaired) electrons. The van der Waals surface area contributed by atoms with E-state index in [4.69, 9.17) is 0 Å². The highest BCUT2D eigenvalue weighted by Gasteiger charge is 2.29. The van der Waals surface area contributed by atoms with Gasteiger partial charge in [0.05, 0.1) is 0 Å². The quantitative estimate of drug-likeness (QED) is 0.862. The van der Waals surface area contributed by atoms with Crippen molar-refractivity contribution in [2.75, 3.05) is 6.54 Å². The molecule has 0 spiro atoms. The summed E-state index contributed by atoms with van der Waals surface area (Å²) in [5.74, 6) is 0.636. The molecular formula is C17H21NS. The second-order valence-electron chi connectivity index (χ2n) is 5.24. The van der Waals surface area contributed by atoms with Gasteiger partial charge in [-0.3, -0.25) is 0 Å². The largest absolute Gasteiger partial charge is 0.310 e. The predicted octanol–water partition coefficient (Wildman–Crippen LogP) is 4.52. The number of nitrogens with one attached hydrogen (secondary N) is 1. The third-order valence-corrected chi connectivity index (χ3v) is 5.08. The second-order valence-corrected chi connectivity index (χ2v) is 6.24. The number of fused-ring (bicyclic) bond motifs is 1. The molecule has 2 heteroatoms. The van der Waals surface area contributed by atoms with Crippen molar-refractivity contribution in [2.45, 2.75) is 38.1 Å². The summed E-state index contributed by atoms with van der Waals surface area (Å²) < 4.78 is 0. The average Bonchev–Trinajstić information content (AvgIpc) is 2.94. The molecule has 1 aliphatic rings. The Morgan fingerprint density at radius 3 is 2.89 bits per heavy atom. The van der Waals surface area contributed by atoms with Gasteiger partial charge in [-0.2, -0.15) is 0 Å². The molecule has 0 amide bonds. The van der Waals surface area contributed by atoms with Crippen molar-refractivity contribution in [1.29, 1.82) is 0 Å². The van der Waals surface area contributed by atoms with Crippen molar-refractivity contribution < 1.29 is 0 Å². The molecule has 0 fully saturated rings. The Morgan fingerprint density at radius 1 is 1.26 bits per heavy atom. The summed E-state index contributed by atoms with van der Waals surface area (Å²) in [5, 5.41) is 5.96. The van der Waals surface area contributed by atoms with Gasteiger partial charge in [-0.15, -0.1) is 11.3 Å². The Labute approximate surface area is 119 Å². The van der Waals surface area contributed by atoms with Crippen LogP contribution in [-0.2, 0) is 6.42 Å². The molecule has 1 aromatic heterocycles. The number of thiophene rings is 1. The summed E-state index contributed by atoms with van der Waals surface area (Å²) in [5.41, 5.74) is 3.01. The maximum atomic E-state index is 3.70. The van der Waals surface area contributed by atoms with Crippen LogP contribution in [0.1, 0.15) is 47.7 Å². The number of aryl methyl sites for hydroxylation is 1. The first-order valence-electron chi connectivity index (χ1n) is 7.24. The first-order chi connectivity index (χ1) is 9.40. The van der Waals surface area contributed by atoms with E-state index in [2.05, 4.69) is 54.0 Å². The summed E-state index contributed by atoms with van der Waals surface area (Å²) >= 11 is 1.93. The molecule has 3 rings (SSSR count). The van der Waals surface area contributed by atoms with Crippen LogP contribution in [0.4, 0.5) is 0 Å². The molecule has 1 aliphatic carbocycles. The molecule has 2 aromatic rings. The second kappa shape index (κ2) is 5.89. The normalized spacial score (nSPS) is 19.9. The molecular weight excluding hydrogens is 250 g/mol. The van der Waals surface area contributed by atoms with Gasteiger partial charge in [0.1, 0.15) is 0 Å². The zero-order valence-corrected chi connectivity index (χ0v) is 12.2. The lowest BCUT2D eigenvalue weighted by Gasteiger charge is -2.31. The van der Waals surface area contributed by atoms with Crippen LogP contribution in [0.3, 0.4) is 0 Å². The smallest absolute Gasteiger partial charge is 0.0389 e. The fourth-order valence-electron chi connectivity index (χ4n) is 3.24. The van der Waals surface area contributed by atoms with Gasteiger partial charge in [-0.05, 0) is 48.4 Å². The third kappa shape index (κ3) is 2.60. The van der Waals surface area contributed by atoms with Gasteiger partial charge in [-0.25, -0.2) is 0 Å². The number of hydrogen-bond donors (Lipinski definition) is 1. The minimum atomic E-state index is 0.458. The number of rotatable bonds is 4. The van der Waals surface area contributed by atoms with Crippen molar-refractivity contribution in [1.82, 2.24) is 5.32 Å². The van der Waals surface area contributed by atoms with E-state index >= 15 is 0 Å². The lowest BCUT2D eigenvalue weighted by molar-refractivity contribution is 0.411. The van der Waals surface area contributed by atoms with Crippen LogP contribution in [0.15, 0.2) is 41.8 Å². The monoisotopic (exact) mass is 271 g/mol. The molecule has 2 atom stereocenters. The molecule has 1 aromatic carbocycles. The van der Waals surface area contributed by atoms with Crippen LogP contribution in [-0.4, -0.2) is 6.54 Å². The number of hydrogen-bond acceptors (Lipinski definition) is 2. The van der Waals surface area contributed by atoms with E-state index in [0.29, 0.717) is 12.0 Å². The fraction of sp³-hybridized carbons (Fsp3) is 0.412. The van der Waals surface area contributed by atoms with E-state index in [1.54, 1.807) is 10.4 Å². The summed E-state index contributed by atoms with van der Waals surface area (Å²) in [7, 11) is 0. The van der Waals surface area contributed by atoms with Crippen molar-refractivity contribution in [3.63, 3.8) is 0 Å². The topological polar surface area (TPSA) is 12.0 Å². The highest BCUT2D eigenvalue weighted by molar-refractivity contribution is 7.10. The first-order valence-corrected chi connectivity index (χ1v) is 8.12. The lowest BCUT2D eigenvalue weighted by Crippen LogP contribution is -2.28. The zero-order valence-electron chi connectivity index (χ0n) is 11.4. The standard InChI is InChI=1S/C17H21NS/c1-2-18-17(13-7-4-3-5-8-13)15-9-6-10-16-14(15)11-12-19-16/h3-5,7-8,11-12,15,17-18H,2,6,9-10H2,1H3. The summed E-state index contributed by atoms with van der Waals surface area (Å²) in [4.78, 5) is 1.61. The Kier molecular flexibility index (Phi) is 4.00. The van der Waals surface area contributed by atoms with Gasteiger partial charge < -0.3 is 5.32 Å². The molecule has 1 heterocycles. The summed E-state index contributed by atoms with van der Waals surface area (Å²) in [6.07, 6.45) is 3.90. The molecule has 1 N–H and O–H groups in total. The van der Waals surface area contributed by atoms with E-state index in [1.807, 2.05) is 11.3 Å². The minimum absolute atomic E-state index is 0.458. The molecule has 0 aliphatic heterocycles. The Morgan fingerprint density at radius 2 is 2.11 bits per heavy atom. The van der Waals surface area contributed by atoms with Crippen molar-refractivity contribution >= 4 is 11.3 Å². The van der Waals surface area contributed by atoms with E-state index in [0.717, 1.165) is 6.54 Å². The first kappa shape index (κ1) is 12.9. The third-order valence-electron chi connectivity index (χ3n) is 4.08. The van der Waals surface area contributed by atoms with Crippen molar-refractivity contribution in [3.05, 3.63) is 57.8 Å². The van der Waals surface area contributed by atoms with Gasteiger partial charge in [0.2, 0.25) is 0 Å². The number of benzene rings is 1. The maximum Gasteiger partial charge on any atom is 0.0389 e. The van der Waals surface area contributed by atoms with Crippen LogP contribution in [0.25, 0.3) is 0 Å². The van der Waals surface area contributed by atoms with Crippen molar-refractivity contribution in [2.24, 2.45) is 0 Å². The molecule has 2 unspecified atom stereocenters. The van der Waals surface area contributed by atoms with Gasteiger partial charge in [-0.1, -0.05) is 37.3 Å². The molecule has 100 valence electrons. The van der Waals surface area contributed by atoms with Gasteiger partial charge >= 0.3 is 0 Å². The van der Waals surface area contributed by atoms with Crippen LogP contribution in [0.2, 0.25) is 0 Å². The minimum Gasteiger partial charge on any atom is -0.310 e. The SMILES string of the molecule is CCNC(c1ccccc1)C1CCCc2sccc21. The van der Waals surface area contributed by atoms with E-state index in [-0.39, 0.29) is 0 Å². The Bertz CT molecular complexity index is 517. The highest BCUT2D eigenvalue weighted by atomic mass is 32.1. The van der Waals surface area contributed by atoms with E-state index in [1.165, 1.54) is 24.8 Å². The summed E-state index contributed by atoms with van der Waals surface area (Å²) in [6, 6.07) is 13.7. The van der Waals surface area contributed by atoms with E-state index < -0.39 is 0 Å². The number of likely N-dealkylation sites (N-methyl/N-ethyl adjacent to an activating group) is 1. The zero-order chi connectivity index (χ0) is 13.1. The highest BCUT2D eigenvalue weighted by Crippen LogP contribution is 2.42. The molecule has 1 nitrogen and oxygen atoms in total. The van der Waals surface area contributed by atoms with Gasteiger partial charge in [0.25, 0.3) is 0 Å². The van der Waals surface area contributed by atoms with Crippen LogP contribution in [0, 0.1) is 0 Å². The van der Waals surface area contributed by atoms with Gasteiger partial charge in [0.15, 0.2) is 0 Å². The maximum absolute atomic E-state index is 3.70. The average molecular weight is 271 g/mol. The molecule has 0 saturated carbocycles. The molecule has 0 saturated heterocycles. The van der Waals surface area contributed by atoms with Gasteiger partial charge in [0, 0.05) is 16.8 Å². The molecule has 19 heavy (non-hydrogen) atoms. The Balaban J connectivity index is 1.94. The summed E-state index contributed by atoms with van der Waals surface area (Å²) in [6.45, 7) is 3.23. The predicted molar refractivity (Wildman–Crippen MR) is 82.9 cm³/mol. The molecule has 0 bridgehead atoms. The Hall–Kier alpha value is -1.12. The lowest BCUT2D eigenvalue weighted by atomic mass is 9.80. The van der Waals surface area contributed by atoms with Crippen molar-refractivity contribution in [3.8, 4) is 0 Å². The van der Waals surface area contributed by atoms with Crippen LogP contribution >= 0.6 is 11.3 Å². The fourth-order valence-corrected chi connectivity index (χ4v) is 4.24.